The molecule has 0 saturated heterocycles. The average Bonchev–Trinajstić information content (AvgIpc) is 2.82. The Kier molecular flexibility index (Phi) is 3.90. The molecule has 0 unspecified atom stereocenters. The molecule has 2 N–H and O–H groups in total. The summed E-state index contributed by atoms with van der Waals surface area (Å²) >= 11 is 0. The third-order valence-corrected chi connectivity index (χ3v) is 2.37. The van der Waals surface area contributed by atoms with Crippen LogP contribution in [0.2, 0.25) is 0 Å². The number of hydrogen-bond donors (Lipinski definition) is 2. The van der Waals surface area contributed by atoms with E-state index in [9.17, 15) is 9.59 Å². The molecule has 7 heteroatoms. The van der Waals surface area contributed by atoms with Crippen molar-refractivity contribution in [3.63, 3.8) is 0 Å². The number of amides is 1. The molecule has 0 saturated carbocycles. The Bertz CT molecular complexity index is 676. The molecule has 0 bridgehead atoms. The van der Waals surface area contributed by atoms with Crippen molar-refractivity contribution in [2.45, 2.75) is 0 Å². The van der Waals surface area contributed by atoms with Gasteiger partial charge < -0.3 is 10.4 Å². The molecule has 2 aromatic heterocycles. The van der Waals surface area contributed by atoms with Gasteiger partial charge in [0.1, 0.15) is 5.82 Å². The van der Waals surface area contributed by atoms with Crippen molar-refractivity contribution in [3.8, 4) is 0 Å². The lowest BCUT2D eigenvalue weighted by atomic mass is 10.3. The van der Waals surface area contributed by atoms with E-state index < -0.39 is 11.9 Å². The van der Waals surface area contributed by atoms with Crippen LogP contribution in [0.15, 0.2) is 36.7 Å². The van der Waals surface area contributed by atoms with Crippen LogP contribution in [0.5, 0.6) is 0 Å². The predicted octanol–water partition coefficient (Wildman–Crippen LogP) is 1.17. The summed E-state index contributed by atoms with van der Waals surface area (Å²) in [5.74, 6) is -1.36. The number of pyridine rings is 1. The van der Waals surface area contributed by atoms with Crippen LogP contribution in [-0.2, 0) is 11.8 Å². The van der Waals surface area contributed by atoms with Gasteiger partial charge in [-0.25, -0.2) is 9.78 Å². The number of carboxylic acids is 1. The summed E-state index contributed by atoms with van der Waals surface area (Å²) < 4.78 is 1.62. The fourth-order valence-electron chi connectivity index (χ4n) is 1.49. The van der Waals surface area contributed by atoms with Gasteiger partial charge in [0.15, 0.2) is 5.69 Å². The van der Waals surface area contributed by atoms with Crippen LogP contribution < -0.4 is 5.32 Å². The van der Waals surface area contributed by atoms with Crippen molar-refractivity contribution in [1.29, 1.82) is 0 Å². The zero-order valence-electron chi connectivity index (χ0n) is 10.6. The van der Waals surface area contributed by atoms with E-state index in [-0.39, 0.29) is 11.5 Å². The number of aromatic nitrogens is 3. The number of nitrogens with one attached hydrogen (secondary N) is 1. The van der Waals surface area contributed by atoms with E-state index in [1.807, 2.05) is 0 Å². The number of carboxylic acid groups (broad SMARTS) is 1. The molecule has 0 aliphatic rings. The van der Waals surface area contributed by atoms with E-state index in [1.54, 1.807) is 30.2 Å². The normalized spacial score (nSPS) is 10.7. The highest BCUT2D eigenvalue weighted by Gasteiger charge is 2.06. The minimum Gasteiger partial charge on any atom is -0.477 e. The fourth-order valence-corrected chi connectivity index (χ4v) is 1.49. The molecule has 0 radical (unpaired) electrons. The van der Waals surface area contributed by atoms with Crippen LogP contribution in [0.1, 0.15) is 16.1 Å². The molecule has 2 heterocycles. The van der Waals surface area contributed by atoms with Crippen molar-refractivity contribution in [2.24, 2.45) is 7.05 Å². The van der Waals surface area contributed by atoms with Crippen LogP contribution in [0.4, 0.5) is 5.82 Å². The second-order valence-electron chi connectivity index (χ2n) is 3.98. The monoisotopic (exact) mass is 272 g/mol. The number of nitrogens with zero attached hydrogens (tertiary/aromatic N) is 3. The summed E-state index contributed by atoms with van der Waals surface area (Å²) in [5.41, 5.74) is 0.661. The van der Waals surface area contributed by atoms with E-state index in [0.717, 1.165) is 5.56 Å². The Balaban J connectivity index is 2.02. The van der Waals surface area contributed by atoms with Crippen LogP contribution in [0.25, 0.3) is 6.08 Å². The molecule has 102 valence electrons. The average molecular weight is 272 g/mol. The lowest BCUT2D eigenvalue weighted by molar-refractivity contribution is -0.111. The molecule has 0 aliphatic heterocycles. The van der Waals surface area contributed by atoms with Gasteiger partial charge in [-0.3, -0.25) is 9.48 Å². The number of rotatable bonds is 4. The first-order valence-electron chi connectivity index (χ1n) is 5.72. The maximum absolute atomic E-state index is 11.7. The molecule has 2 aromatic rings. The molecule has 20 heavy (non-hydrogen) atoms. The molecular formula is C13H12N4O3. The number of aromatic carboxylic acids is 1. The first-order chi connectivity index (χ1) is 9.54. The minimum absolute atomic E-state index is 0.126. The zero-order chi connectivity index (χ0) is 14.5. The predicted molar refractivity (Wildman–Crippen MR) is 72.1 cm³/mol. The molecule has 0 aromatic carbocycles. The Labute approximate surface area is 114 Å². The number of anilines is 1. The van der Waals surface area contributed by atoms with Crippen molar-refractivity contribution in [3.05, 3.63) is 47.9 Å². The van der Waals surface area contributed by atoms with E-state index in [0.29, 0.717) is 0 Å². The first-order valence-corrected chi connectivity index (χ1v) is 5.72. The zero-order valence-corrected chi connectivity index (χ0v) is 10.6. The van der Waals surface area contributed by atoms with Gasteiger partial charge in [-0.2, -0.15) is 5.10 Å². The summed E-state index contributed by atoms with van der Waals surface area (Å²) in [7, 11) is 1.78. The van der Waals surface area contributed by atoms with E-state index in [1.165, 1.54) is 24.3 Å². The molecular weight excluding hydrogens is 260 g/mol. The number of carbonyl (C=O) groups is 2. The summed E-state index contributed by atoms with van der Waals surface area (Å²) in [6.07, 6.45) is 6.30. The summed E-state index contributed by atoms with van der Waals surface area (Å²) in [5, 5.41) is 15.3. The minimum atomic E-state index is -1.15. The second-order valence-corrected chi connectivity index (χ2v) is 3.98. The van der Waals surface area contributed by atoms with Gasteiger partial charge in [-0.1, -0.05) is 6.07 Å². The Morgan fingerprint density at radius 2 is 2.20 bits per heavy atom. The molecule has 0 atom stereocenters. The molecule has 7 nitrogen and oxygen atoms in total. The lowest BCUT2D eigenvalue weighted by Gasteiger charge is -2.01. The highest BCUT2D eigenvalue weighted by molar-refractivity contribution is 6.01. The van der Waals surface area contributed by atoms with Crippen molar-refractivity contribution < 1.29 is 14.7 Å². The van der Waals surface area contributed by atoms with Gasteiger partial charge in [-0.15, -0.1) is 0 Å². The Morgan fingerprint density at radius 1 is 1.40 bits per heavy atom. The van der Waals surface area contributed by atoms with Gasteiger partial charge in [0.2, 0.25) is 5.91 Å². The van der Waals surface area contributed by atoms with Crippen LogP contribution in [0, 0.1) is 0 Å². The van der Waals surface area contributed by atoms with E-state index >= 15 is 0 Å². The topological polar surface area (TPSA) is 97.1 Å². The Morgan fingerprint density at radius 3 is 2.85 bits per heavy atom. The third kappa shape index (κ3) is 3.52. The second kappa shape index (κ2) is 5.79. The molecule has 0 aliphatic carbocycles. The van der Waals surface area contributed by atoms with Crippen molar-refractivity contribution >= 4 is 23.8 Å². The molecule has 1 amide bonds. The van der Waals surface area contributed by atoms with Gasteiger partial charge in [-0.05, 0) is 18.2 Å². The number of aryl methyl sites for hydroxylation is 1. The van der Waals surface area contributed by atoms with Gasteiger partial charge in [0, 0.05) is 24.9 Å². The van der Waals surface area contributed by atoms with Gasteiger partial charge in [0.05, 0.1) is 6.20 Å². The maximum atomic E-state index is 11.7. The van der Waals surface area contributed by atoms with Crippen molar-refractivity contribution in [2.75, 3.05) is 5.32 Å². The Hall–Kier alpha value is -2.96. The quantitative estimate of drug-likeness (QED) is 0.814. The maximum Gasteiger partial charge on any atom is 0.354 e. The van der Waals surface area contributed by atoms with Crippen molar-refractivity contribution in [1.82, 2.24) is 14.8 Å². The molecule has 0 spiro atoms. The summed E-state index contributed by atoms with van der Waals surface area (Å²) in [6, 6.07) is 4.38. The highest BCUT2D eigenvalue weighted by atomic mass is 16.4. The smallest absolute Gasteiger partial charge is 0.354 e. The lowest BCUT2D eigenvalue weighted by Crippen LogP contribution is -2.11. The standard InChI is InChI=1S/C13H12N4O3/c1-17-8-9(7-14-17)5-6-12(18)16-11-4-2-3-10(15-11)13(19)20/h2-8H,1H3,(H,19,20)(H,15,16,18). The van der Waals surface area contributed by atoms with Gasteiger partial charge in [0.25, 0.3) is 0 Å². The summed E-state index contributed by atoms with van der Waals surface area (Å²) in [4.78, 5) is 26.2. The fraction of sp³-hybridized carbons (Fsp3) is 0.0769. The first kappa shape index (κ1) is 13.5. The van der Waals surface area contributed by atoms with Crippen LogP contribution in [0.3, 0.4) is 0 Å². The molecule has 0 fully saturated rings. The number of carbonyl (C=O) groups excluding carboxylic acids is 1. The van der Waals surface area contributed by atoms with E-state index in [2.05, 4.69) is 15.4 Å². The van der Waals surface area contributed by atoms with E-state index in [4.69, 9.17) is 5.11 Å². The number of hydrogen-bond acceptors (Lipinski definition) is 4. The van der Waals surface area contributed by atoms with Crippen LogP contribution >= 0.6 is 0 Å². The third-order valence-electron chi connectivity index (χ3n) is 2.37. The largest absolute Gasteiger partial charge is 0.477 e. The SMILES string of the molecule is Cn1cc(C=CC(=O)Nc2cccc(C(=O)O)n2)cn1. The van der Waals surface area contributed by atoms with Gasteiger partial charge >= 0.3 is 5.97 Å². The summed E-state index contributed by atoms with van der Waals surface area (Å²) in [6.45, 7) is 0. The molecule has 2 rings (SSSR count). The van der Waals surface area contributed by atoms with Crippen LogP contribution in [-0.4, -0.2) is 31.7 Å². The highest BCUT2D eigenvalue weighted by Crippen LogP contribution is 2.06.